The number of carbonyl (C=O) groups excluding carboxylic acids is 2. The third-order valence-electron chi connectivity index (χ3n) is 3.64. The molecular weight excluding hydrogens is 394 g/mol. The summed E-state index contributed by atoms with van der Waals surface area (Å²) in [5, 5.41) is 2.70. The number of methoxy groups -OCH3 is 1. The highest BCUT2D eigenvalue weighted by Crippen LogP contribution is 2.36. The van der Waals surface area contributed by atoms with Gasteiger partial charge >= 0.3 is 5.97 Å². The Balaban J connectivity index is 1.89. The molecule has 1 aliphatic heterocycles. The molecule has 25 heavy (non-hydrogen) atoms. The number of amides is 1. The first kappa shape index (κ1) is 19.5. The van der Waals surface area contributed by atoms with E-state index < -0.39 is 5.97 Å². The first-order valence-corrected chi connectivity index (χ1v) is 8.90. The van der Waals surface area contributed by atoms with Crippen LogP contribution in [0.4, 0.5) is 0 Å². The normalized spacial score (nSPS) is 16.4. The van der Waals surface area contributed by atoms with Gasteiger partial charge in [-0.1, -0.05) is 0 Å². The molecule has 1 aromatic rings. The van der Waals surface area contributed by atoms with E-state index in [1.54, 1.807) is 6.07 Å². The van der Waals surface area contributed by atoms with Crippen LogP contribution in [0.25, 0.3) is 0 Å². The van der Waals surface area contributed by atoms with Crippen LogP contribution in [-0.2, 0) is 14.3 Å². The Morgan fingerprint density at radius 2 is 2.20 bits per heavy atom. The van der Waals surface area contributed by atoms with Gasteiger partial charge in [-0.2, -0.15) is 0 Å². The van der Waals surface area contributed by atoms with Crippen LogP contribution in [0.15, 0.2) is 16.6 Å². The van der Waals surface area contributed by atoms with Crippen LogP contribution in [-0.4, -0.2) is 51.5 Å². The maximum absolute atomic E-state index is 12.2. The zero-order valence-corrected chi connectivity index (χ0v) is 15.9. The molecular formula is C17H22BrNO6. The molecule has 1 N–H and O–H groups in total. The topological polar surface area (TPSA) is 83.1 Å². The second-order valence-electron chi connectivity index (χ2n) is 5.44. The van der Waals surface area contributed by atoms with Crippen molar-refractivity contribution in [3.05, 3.63) is 22.2 Å². The number of halogens is 1. The number of hydrogen-bond donors (Lipinski definition) is 1. The van der Waals surface area contributed by atoms with Gasteiger partial charge in [0.25, 0.3) is 5.91 Å². The summed E-state index contributed by atoms with van der Waals surface area (Å²) in [7, 11) is 1.48. The second kappa shape index (κ2) is 9.62. The van der Waals surface area contributed by atoms with Gasteiger partial charge in [0.05, 0.1) is 29.9 Å². The number of carbonyl (C=O) groups is 2. The van der Waals surface area contributed by atoms with Crippen molar-refractivity contribution >= 4 is 27.8 Å². The summed E-state index contributed by atoms with van der Waals surface area (Å²) < 4.78 is 21.7. The number of esters is 1. The Morgan fingerprint density at radius 3 is 2.84 bits per heavy atom. The minimum atomic E-state index is -0.616. The first-order chi connectivity index (χ1) is 12.0. The second-order valence-corrected chi connectivity index (χ2v) is 6.29. The Bertz CT molecular complexity index is 615. The summed E-state index contributed by atoms with van der Waals surface area (Å²) in [6.07, 6.45) is 1.98. The lowest BCUT2D eigenvalue weighted by Crippen LogP contribution is -2.34. The van der Waals surface area contributed by atoms with Gasteiger partial charge in [0.15, 0.2) is 18.1 Å². The van der Waals surface area contributed by atoms with E-state index >= 15 is 0 Å². The molecule has 0 radical (unpaired) electrons. The lowest BCUT2D eigenvalue weighted by Gasteiger charge is -2.13. The highest BCUT2D eigenvalue weighted by Gasteiger charge is 2.19. The zero-order chi connectivity index (χ0) is 18.2. The average Bonchev–Trinajstić information content (AvgIpc) is 3.13. The van der Waals surface area contributed by atoms with Crippen LogP contribution in [0.3, 0.4) is 0 Å². The van der Waals surface area contributed by atoms with Crippen LogP contribution in [0.5, 0.6) is 11.5 Å². The fourth-order valence-corrected chi connectivity index (χ4v) is 2.98. The minimum Gasteiger partial charge on any atom is -0.493 e. The van der Waals surface area contributed by atoms with E-state index in [-0.39, 0.29) is 24.2 Å². The predicted molar refractivity (Wildman–Crippen MR) is 94.1 cm³/mol. The first-order valence-electron chi connectivity index (χ1n) is 8.10. The van der Waals surface area contributed by atoms with Gasteiger partial charge in [-0.05, 0) is 47.8 Å². The van der Waals surface area contributed by atoms with Crippen molar-refractivity contribution in [2.75, 3.05) is 33.5 Å². The molecule has 1 saturated heterocycles. The zero-order valence-electron chi connectivity index (χ0n) is 14.3. The summed E-state index contributed by atoms with van der Waals surface area (Å²) in [6, 6.07) is 3.09. The van der Waals surface area contributed by atoms with Gasteiger partial charge in [0.1, 0.15) is 0 Å². The van der Waals surface area contributed by atoms with E-state index in [1.165, 1.54) is 13.2 Å². The van der Waals surface area contributed by atoms with Gasteiger partial charge in [-0.3, -0.25) is 4.79 Å². The molecule has 7 nitrogen and oxygen atoms in total. The summed E-state index contributed by atoms with van der Waals surface area (Å²) in [5.74, 6) is -0.0583. The van der Waals surface area contributed by atoms with E-state index in [0.717, 1.165) is 19.4 Å². The largest absolute Gasteiger partial charge is 0.493 e. The molecule has 1 fully saturated rings. The van der Waals surface area contributed by atoms with Gasteiger partial charge in [0, 0.05) is 13.2 Å². The fraction of sp³-hybridized carbons (Fsp3) is 0.529. The lowest BCUT2D eigenvalue weighted by molar-refractivity contribution is -0.124. The highest BCUT2D eigenvalue weighted by molar-refractivity contribution is 9.10. The van der Waals surface area contributed by atoms with Crippen LogP contribution >= 0.6 is 15.9 Å². The van der Waals surface area contributed by atoms with Crippen molar-refractivity contribution in [2.45, 2.75) is 25.9 Å². The quantitative estimate of drug-likeness (QED) is 0.655. The monoisotopic (exact) mass is 415 g/mol. The molecule has 1 atom stereocenters. The standard InChI is InChI=1S/C17H22BrNO6/c1-3-23-16-13(18)7-11(8-14(16)22-2)17(21)25-10-15(20)19-9-12-5-4-6-24-12/h7-8,12H,3-6,9-10H2,1-2H3,(H,19,20)/t12-/m1/s1. The summed E-state index contributed by atoms with van der Waals surface area (Å²) in [4.78, 5) is 23.9. The molecule has 0 unspecified atom stereocenters. The van der Waals surface area contributed by atoms with Gasteiger partial charge in [-0.25, -0.2) is 4.79 Å². The molecule has 0 saturated carbocycles. The van der Waals surface area contributed by atoms with E-state index in [4.69, 9.17) is 18.9 Å². The van der Waals surface area contributed by atoms with Crippen molar-refractivity contribution in [1.82, 2.24) is 5.32 Å². The van der Waals surface area contributed by atoms with E-state index in [1.807, 2.05) is 6.92 Å². The molecule has 1 heterocycles. The van der Waals surface area contributed by atoms with Crippen molar-refractivity contribution in [1.29, 1.82) is 0 Å². The maximum atomic E-state index is 12.2. The number of nitrogens with one attached hydrogen (secondary N) is 1. The van der Waals surface area contributed by atoms with Crippen molar-refractivity contribution < 1.29 is 28.5 Å². The molecule has 0 spiro atoms. The third kappa shape index (κ3) is 5.61. The number of hydrogen-bond acceptors (Lipinski definition) is 6. The summed E-state index contributed by atoms with van der Waals surface area (Å²) in [6.45, 7) is 3.12. The molecule has 138 valence electrons. The van der Waals surface area contributed by atoms with Crippen molar-refractivity contribution in [2.24, 2.45) is 0 Å². The lowest BCUT2D eigenvalue weighted by atomic mass is 10.2. The Kier molecular flexibility index (Phi) is 7.52. The number of ether oxygens (including phenoxy) is 4. The molecule has 1 aromatic carbocycles. The van der Waals surface area contributed by atoms with Crippen LogP contribution in [0.2, 0.25) is 0 Å². The molecule has 1 amide bonds. The average molecular weight is 416 g/mol. The van der Waals surface area contributed by atoms with Gasteiger partial charge < -0.3 is 24.3 Å². The van der Waals surface area contributed by atoms with Crippen molar-refractivity contribution in [3.63, 3.8) is 0 Å². The number of benzene rings is 1. The maximum Gasteiger partial charge on any atom is 0.338 e. The van der Waals surface area contributed by atoms with Gasteiger partial charge in [-0.15, -0.1) is 0 Å². The Labute approximate surface area is 155 Å². The molecule has 8 heteroatoms. The van der Waals surface area contributed by atoms with E-state index in [2.05, 4.69) is 21.2 Å². The third-order valence-corrected chi connectivity index (χ3v) is 4.23. The molecule has 0 aromatic heterocycles. The predicted octanol–water partition coefficient (Wildman–Crippen LogP) is 2.31. The van der Waals surface area contributed by atoms with E-state index in [9.17, 15) is 9.59 Å². The summed E-state index contributed by atoms with van der Waals surface area (Å²) >= 11 is 3.34. The van der Waals surface area contributed by atoms with Crippen LogP contribution in [0.1, 0.15) is 30.1 Å². The fourth-order valence-electron chi connectivity index (χ4n) is 2.42. The van der Waals surface area contributed by atoms with Crippen LogP contribution < -0.4 is 14.8 Å². The van der Waals surface area contributed by atoms with E-state index in [0.29, 0.717) is 29.1 Å². The Hall–Kier alpha value is -1.80. The smallest absolute Gasteiger partial charge is 0.338 e. The number of rotatable bonds is 8. The minimum absolute atomic E-state index is 0.0472. The molecule has 1 aliphatic rings. The molecule has 2 rings (SSSR count). The Morgan fingerprint density at radius 1 is 1.40 bits per heavy atom. The van der Waals surface area contributed by atoms with Gasteiger partial charge in [0.2, 0.25) is 0 Å². The highest BCUT2D eigenvalue weighted by atomic mass is 79.9. The van der Waals surface area contributed by atoms with Crippen molar-refractivity contribution in [3.8, 4) is 11.5 Å². The molecule has 0 bridgehead atoms. The SMILES string of the molecule is CCOc1c(Br)cc(C(=O)OCC(=O)NC[C@H]2CCCO2)cc1OC. The van der Waals surface area contributed by atoms with Crippen LogP contribution in [0, 0.1) is 0 Å². The molecule has 0 aliphatic carbocycles. The summed E-state index contributed by atoms with van der Waals surface area (Å²) in [5.41, 5.74) is 0.263.